The zero-order valence-corrected chi connectivity index (χ0v) is 32.4. The molecule has 0 amide bonds. The van der Waals surface area contributed by atoms with Crippen LogP contribution >= 0.6 is 0 Å². The summed E-state index contributed by atoms with van der Waals surface area (Å²) < 4.78 is 7.04. The van der Waals surface area contributed by atoms with E-state index < -0.39 is 0 Å². The molecular formula is C53H42N2O. The molecule has 0 spiro atoms. The van der Waals surface area contributed by atoms with Gasteiger partial charge >= 0.3 is 0 Å². The molecule has 8 aromatic rings. The van der Waals surface area contributed by atoms with E-state index in [1.807, 2.05) is 0 Å². The third-order valence-electron chi connectivity index (χ3n) is 12.7. The Bertz CT molecular complexity index is 2920. The summed E-state index contributed by atoms with van der Waals surface area (Å²) in [5.74, 6) is 1.73. The van der Waals surface area contributed by atoms with Gasteiger partial charge in [0, 0.05) is 28.0 Å². The molecule has 0 bridgehead atoms. The number of ether oxygens (including phenoxy) is 1. The maximum atomic E-state index is 7.04. The summed E-state index contributed by atoms with van der Waals surface area (Å²) in [6, 6.07) is 60.1. The molecule has 56 heavy (non-hydrogen) atoms. The zero-order valence-electron chi connectivity index (χ0n) is 32.4. The van der Waals surface area contributed by atoms with Crippen LogP contribution in [-0.2, 0) is 10.8 Å². The molecule has 2 heterocycles. The van der Waals surface area contributed by atoms with Gasteiger partial charge in [0.2, 0.25) is 0 Å². The van der Waals surface area contributed by atoms with E-state index >= 15 is 0 Å². The number of hydrogen-bond donors (Lipinski definition) is 0. The highest BCUT2D eigenvalue weighted by atomic mass is 16.5. The van der Waals surface area contributed by atoms with Crippen LogP contribution in [0.5, 0.6) is 11.5 Å². The summed E-state index contributed by atoms with van der Waals surface area (Å²) in [4.78, 5) is 4.90. The highest BCUT2D eigenvalue weighted by Crippen LogP contribution is 2.62. The van der Waals surface area contributed by atoms with E-state index in [-0.39, 0.29) is 10.8 Å². The number of hydrogen-bond acceptors (Lipinski definition) is 3. The minimum atomic E-state index is -0.233. The van der Waals surface area contributed by atoms with Gasteiger partial charge in [-0.2, -0.15) is 0 Å². The number of para-hydroxylation sites is 1. The fourth-order valence-corrected chi connectivity index (χ4v) is 9.88. The minimum Gasteiger partial charge on any atom is -0.453 e. The quantitative estimate of drug-likeness (QED) is 0.180. The molecule has 2 aliphatic heterocycles. The summed E-state index contributed by atoms with van der Waals surface area (Å²) in [5.41, 5.74) is 17.9. The van der Waals surface area contributed by atoms with Crippen molar-refractivity contribution in [2.45, 2.75) is 45.4 Å². The largest absolute Gasteiger partial charge is 0.453 e. The maximum Gasteiger partial charge on any atom is 0.153 e. The number of nitrogens with zero attached hydrogens (tertiary/aromatic N) is 2. The van der Waals surface area contributed by atoms with Crippen molar-refractivity contribution >= 4 is 44.9 Å². The topological polar surface area (TPSA) is 15.7 Å². The lowest BCUT2D eigenvalue weighted by Gasteiger charge is -2.45. The predicted octanol–water partition coefficient (Wildman–Crippen LogP) is 14.8. The van der Waals surface area contributed by atoms with E-state index in [4.69, 9.17) is 4.74 Å². The van der Waals surface area contributed by atoms with Gasteiger partial charge in [-0.05, 0) is 105 Å². The highest BCUT2D eigenvalue weighted by molar-refractivity contribution is 6.01. The fourth-order valence-electron chi connectivity index (χ4n) is 9.88. The average molecular weight is 723 g/mol. The van der Waals surface area contributed by atoms with Crippen LogP contribution in [0, 0.1) is 6.92 Å². The third-order valence-corrected chi connectivity index (χ3v) is 12.7. The first kappa shape index (κ1) is 32.8. The van der Waals surface area contributed by atoms with E-state index in [0.717, 1.165) is 45.5 Å². The number of benzene rings is 8. The Labute approximate surface area is 329 Å². The smallest absolute Gasteiger partial charge is 0.153 e. The third kappa shape index (κ3) is 4.58. The van der Waals surface area contributed by atoms with Crippen LogP contribution in [0.15, 0.2) is 164 Å². The lowest BCUT2D eigenvalue weighted by molar-refractivity contribution is 0.471. The van der Waals surface area contributed by atoms with Crippen LogP contribution in [0.2, 0.25) is 0 Å². The van der Waals surface area contributed by atoms with Crippen LogP contribution in [-0.4, -0.2) is 0 Å². The molecule has 11 rings (SSSR count). The lowest BCUT2D eigenvalue weighted by Crippen LogP contribution is -2.32. The first-order chi connectivity index (χ1) is 27.2. The Morgan fingerprint density at radius 3 is 2.07 bits per heavy atom. The molecule has 0 atom stereocenters. The Hall–Kier alpha value is -6.58. The maximum absolute atomic E-state index is 7.04. The van der Waals surface area contributed by atoms with Crippen LogP contribution in [0.4, 0.5) is 34.1 Å². The van der Waals surface area contributed by atoms with Crippen molar-refractivity contribution in [1.82, 2.24) is 0 Å². The molecule has 0 fully saturated rings. The monoisotopic (exact) mass is 722 g/mol. The number of rotatable bonds is 4. The Kier molecular flexibility index (Phi) is 6.86. The number of aryl methyl sites for hydroxylation is 1. The first-order valence-electron chi connectivity index (χ1n) is 19.7. The summed E-state index contributed by atoms with van der Waals surface area (Å²) in [6.07, 6.45) is 0. The summed E-state index contributed by atoms with van der Waals surface area (Å²) in [6.45, 7) is 11.6. The zero-order chi connectivity index (χ0) is 37.9. The van der Waals surface area contributed by atoms with Crippen LogP contribution in [0.1, 0.15) is 55.5 Å². The Morgan fingerprint density at radius 1 is 0.482 bits per heavy atom. The van der Waals surface area contributed by atoms with Gasteiger partial charge in [0.15, 0.2) is 11.5 Å². The lowest BCUT2D eigenvalue weighted by atomic mass is 9.72. The standard InChI is InChI=1S/C53H42N2O/c1-33-29-38(54(46-23-13-18-35-17-9-10-19-39(35)46)37-26-27-41-40-20-11-12-21-42(40)52(2,3)44(41)31-37)32-49-50(33)55-47-28-25-36(34-15-7-6-8-16-34)30-45(47)53(4,5)43-22-14-24-48(56-49)51(43)55/h6-32H,1-5H3. The second-order valence-electron chi connectivity index (χ2n) is 16.7. The van der Waals surface area contributed by atoms with E-state index in [9.17, 15) is 0 Å². The van der Waals surface area contributed by atoms with Crippen LogP contribution in [0.25, 0.3) is 33.0 Å². The first-order valence-corrected chi connectivity index (χ1v) is 19.7. The van der Waals surface area contributed by atoms with Crippen LogP contribution in [0.3, 0.4) is 0 Å². The van der Waals surface area contributed by atoms with Gasteiger partial charge in [-0.3, -0.25) is 0 Å². The summed E-state index contributed by atoms with van der Waals surface area (Å²) in [5, 5.41) is 2.41. The normalized spacial score (nSPS) is 14.9. The van der Waals surface area contributed by atoms with Crippen LogP contribution < -0.4 is 14.5 Å². The van der Waals surface area contributed by atoms with Crippen molar-refractivity contribution < 1.29 is 4.74 Å². The average Bonchev–Trinajstić information content (AvgIpc) is 3.45. The molecule has 0 N–H and O–H groups in total. The van der Waals surface area contributed by atoms with E-state index in [1.165, 1.54) is 61.0 Å². The minimum absolute atomic E-state index is 0.127. The molecule has 0 aromatic heterocycles. The molecule has 0 saturated heterocycles. The highest BCUT2D eigenvalue weighted by Gasteiger charge is 2.43. The van der Waals surface area contributed by atoms with E-state index in [1.54, 1.807) is 0 Å². The summed E-state index contributed by atoms with van der Waals surface area (Å²) in [7, 11) is 0. The van der Waals surface area contributed by atoms with Crippen molar-refractivity contribution in [2.24, 2.45) is 0 Å². The molecule has 3 nitrogen and oxygen atoms in total. The second-order valence-corrected chi connectivity index (χ2v) is 16.7. The van der Waals surface area contributed by atoms with Gasteiger partial charge in [-0.15, -0.1) is 0 Å². The molecule has 3 aliphatic rings. The van der Waals surface area contributed by atoms with Crippen molar-refractivity contribution in [2.75, 3.05) is 9.80 Å². The van der Waals surface area contributed by atoms with Crippen molar-refractivity contribution in [3.8, 4) is 33.8 Å². The molecule has 0 saturated carbocycles. The number of anilines is 6. The molecule has 0 unspecified atom stereocenters. The predicted molar refractivity (Wildman–Crippen MR) is 233 cm³/mol. The van der Waals surface area contributed by atoms with Gasteiger partial charge < -0.3 is 14.5 Å². The molecule has 1 aliphatic carbocycles. The van der Waals surface area contributed by atoms with E-state index in [0.29, 0.717) is 0 Å². The molecule has 0 radical (unpaired) electrons. The molecule has 270 valence electrons. The number of fused-ring (bicyclic) bond motifs is 8. The van der Waals surface area contributed by atoms with Gasteiger partial charge in [-0.1, -0.05) is 143 Å². The molecular weight excluding hydrogens is 681 g/mol. The Morgan fingerprint density at radius 2 is 1.20 bits per heavy atom. The fraction of sp³-hybridized carbons (Fsp3) is 0.132. The van der Waals surface area contributed by atoms with E-state index in [2.05, 4.69) is 208 Å². The van der Waals surface area contributed by atoms with Crippen molar-refractivity contribution in [3.05, 3.63) is 192 Å². The Balaban J connectivity index is 1.12. The second kappa shape index (κ2) is 11.7. The SMILES string of the molecule is Cc1cc(N(c2ccc3c(c2)C(C)(C)c2ccccc2-3)c2cccc3ccccc23)cc2c1N1c3ccc(-c4ccccc4)cc3C(C)(C)c3cccc(c31)O2. The van der Waals surface area contributed by atoms with Crippen molar-refractivity contribution in [1.29, 1.82) is 0 Å². The van der Waals surface area contributed by atoms with Gasteiger partial charge in [0.1, 0.15) is 0 Å². The van der Waals surface area contributed by atoms with Crippen molar-refractivity contribution in [3.63, 3.8) is 0 Å². The molecule has 8 aromatic carbocycles. The van der Waals surface area contributed by atoms with Gasteiger partial charge in [0.25, 0.3) is 0 Å². The van der Waals surface area contributed by atoms with Gasteiger partial charge in [-0.25, -0.2) is 0 Å². The van der Waals surface area contributed by atoms with Gasteiger partial charge in [0.05, 0.1) is 28.4 Å². The molecule has 3 heteroatoms. The summed E-state index contributed by atoms with van der Waals surface area (Å²) >= 11 is 0.